The van der Waals surface area contributed by atoms with Crippen LogP contribution in [0.1, 0.15) is 37.7 Å². The summed E-state index contributed by atoms with van der Waals surface area (Å²) in [4.78, 5) is 29.7. The Bertz CT molecular complexity index is 853. The molecular formula is C19H26N4O4. The van der Waals surface area contributed by atoms with E-state index in [-0.39, 0.29) is 17.9 Å². The highest BCUT2D eigenvalue weighted by molar-refractivity contribution is 6.11. The Balaban J connectivity index is 2.12. The number of methoxy groups -OCH3 is 1. The highest BCUT2D eigenvalue weighted by Crippen LogP contribution is 2.33. The maximum absolute atomic E-state index is 12.7. The molecule has 0 unspecified atom stereocenters. The second-order valence-electron chi connectivity index (χ2n) is 6.90. The molecule has 1 fully saturated rings. The molecule has 2 aromatic rings. The Morgan fingerprint density at radius 2 is 2.22 bits per heavy atom. The molecule has 0 radical (unpaired) electrons. The lowest BCUT2D eigenvalue weighted by molar-refractivity contribution is -0.119. The Kier molecular flexibility index (Phi) is 5.65. The molecule has 146 valence electrons. The average Bonchev–Trinajstić information content (AvgIpc) is 3.27. The summed E-state index contributed by atoms with van der Waals surface area (Å²) in [7, 11) is 1.33. The molecule has 0 spiro atoms. The molecule has 8 heteroatoms. The Labute approximate surface area is 158 Å². The fourth-order valence-corrected chi connectivity index (χ4v) is 3.35. The van der Waals surface area contributed by atoms with Gasteiger partial charge in [0.2, 0.25) is 5.91 Å². The van der Waals surface area contributed by atoms with Gasteiger partial charge in [-0.25, -0.2) is 9.78 Å². The van der Waals surface area contributed by atoms with Gasteiger partial charge in [-0.15, -0.1) is 0 Å². The number of carbonyl (C=O) groups excluding carboxylic acids is 2. The number of carbonyl (C=O) groups is 2. The van der Waals surface area contributed by atoms with E-state index in [0.29, 0.717) is 48.6 Å². The van der Waals surface area contributed by atoms with Gasteiger partial charge in [-0.2, -0.15) is 0 Å². The Morgan fingerprint density at radius 1 is 1.44 bits per heavy atom. The number of aromatic nitrogens is 2. The van der Waals surface area contributed by atoms with E-state index >= 15 is 0 Å². The van der Waals surface area contributed by atoms with Gasteiger partial charge in [0.15, 0.2) is 5.69 Å². The van der Waals surface area contributed by atoms with Gasteiger partial charge in [-0.05, 0) is 33.3 Å². The lowest BCUT2D eigenvalue weighted by Crippen LogP contribution is -2.24. The molecule has 8 nitrogen and oxygen atoms in total. The van der Waals surface area contributed by atoms with Crippen LogP contribution in [0.3, 0.4) is 0 Å². The van der Waals surface area contributed by atoms with E-state index in [2.05, 4.69) is 15.6 Å². The summed E-state index contributed by atoms with van der Waals surface area (Å²) >= 11 is 0. The molecule has 0 aliphatic carbocycles. The third-order valence-corrected chi connectivity index (χ3v) is 4.60. The van der Waals surface area contributed by atoms with Crippen LogP contribution < -0.4 is 10.6 Å². The lowest BCUT2D eigenvalue weighted by Gasteiger charge is -2.12. The van der Waals surface area contributed by atoms with Crippen LogP contribution in [-0.4, -0.2) is 47.8 Å². The van der Waals surface area contributed by atoms with E-state index in [9.17, 15) is 9.59 Å². The van der Waals surface area contributed by atoms with Gasteiger partial charge in [0.05, 0.1) is 37.2 Å². The van der Waals surface area contributed by atoms with Gasteiger partial charge in [0, 0.05) is 24.6 Å². The number of rotatable bonds is 6. The van der Waals surface area contributed by atoms with Crippen molar-refractivity contribution >= 4 is 34.3 Å². The predicted molar refractivity (Wildman–Crippen MR) is 103 cm³/mol. The molecule has 1 aliphatic rings. The third-order valence-electron chi connectivity index (χ3n) is 4.60. The first-order chi connectivity index (χ1) is 13.0. The monoisotopic (exact) mass is 374 g/mol. The molecular weight excluding hydrogens is 348 g/mol. The number of ether oxygens (including phenoxy) is 2. The van der Waals surface area contributed by atoms with E-state index in [4.69, 9.17) is 9.47 Å². The standard InChI is InChI=1S/C19H26N4O4/c1-5-23-16(19(25)26-4)15(22-18(24)12-6-7-27-10-12)14-8-13(21-11(2)3)9-20-17(14)23/h8-9,11-12,21H,5-7,10H2,1-4H3,(H,22,24)/t12-/m1/s1. The third kappa shape index (κ3) is 3.75. The molecule has 2 N–H and O–H groups in total. The van der Waals surface area contributed by atoms with Crippen molar-refractivity contribution in [1.82, 2.24) is 9.55 Å². The number of amides is 1. The molecule has 1 amide bonds. The second kappa shape index (κ2) is 7.96. The van der Waals surface area contributed by atoms with E-state index in [0.717, 1.165) is 5.69 Å². The van der Waals surface area contributed by atoms with Crippen LogP contribution in [0.5, 0.6) is 0 Å². The van der Waals surface area contributed by atoms with Crippen LogP contribution in [0.25, 0.3) is 11.0 Å². The van der Waals surface area contributed by atoms with Crippen molar-refractivity contribution in [2.24, 2.45) is 5.92 Å². The van der Waals surface area contributed by atoms with Crippen LogP contribution >= 0.6 is 0 Å². The summed E-state index contributed by atoms with van der Waals surface area (Å²) in [6.45, 7) is 7.47. The van der Waals surface area contributed by atoms with E-state index in [1.165, 1.54) is 7.11 Å². The number of esters is 1. The van der Waals surface area contributed by atoms with Gasteiger partial charge >= 0.3 is 5.97 Å². The molecule has 0 bridgehead atoms. The predicted octanol–water partition coefficient (Wildman–Crippen LogP) is 2.64. The number of hydrogen-bond donors (Lipinski definition) is 2. The first kappa shape index (κ1) is 19.2. The van der Waals surface area contributed by atoms with Crippen molar-refractivity contribution in [2.45, 2.75) is 39.8 Å². The minimum absolute atomic E-state index is 0.157. The molecule has 3 rings (SSSR count). The maximum atomic E-state index is 12.7. The highest BCUT2D eigenvalue weighted by Gasteiger charge is 2.29. The van der Waals surface area contributed by atoms with Crippen LogP contribution in [0, 0.1) is 5.92 Å². The van der Waals surface area contributed by atoms with Crippen LogP contribution in [-0.2, 0) is 20.8 Å². The van der Waals surface area contributed by atoms with E-state index in [1.54, 1.807) is 10.8 Å². The van der Waals surface area contributed by atoms with Crippen molar-refractivity contribution in [1.29, 1.82) is 0 Å². The Hall–Kier alpha value is -2.61. The van der Waals surface area contributed by atoms with Gasteiger partial charge in [-0.3, -0.25) is 4.79 Å². The van der Waals surface area contributed by atoms with Crippen molar-refractivity contribution < 1.29 is 19.1 Å². The first-order valence-electron chi connectivity index (χ1n) is 9.21. The van der Waals surface area contributed by atoms with Crippen molar-refractivity contribution in [2.75, 3.05) is 31.0 Å². The number of pyridine rings is 1. The molecule has 1 saturated heterocycles. The topological polar surface area (TPSA) is 94.5 Å². The molecule has 3 heterocycles. The van der Waals surface area contributed by atoms with Crippen molar-refractivity contribution in [3.8, 4) is 0 Å². The largest absolute Gasteiger partial charge is 0.464 e. The Morgan fingerprint density at radius 3 is 2.81 bits per heavy atom. The molecule has 1 atom stereocenters. The summed E-state index contributed by atoms with van der Waals surface area (Å²) in [6, 6.07) is 2.13. The second-order valence-corrected chi connectivity index (χ2v) is 6.90. The van der Waals surface area contributed by atoms with Crippen LogP contribution in [0.4, 0.5) is 11.4 Å². The quantitative estimate of drug-likeness (QED) is 0.755. The minimum Gasteiger partial charge on any atom is -0.464 e. The number of hydrogen-bond acceptors (Lipinski definition) is 6. The number of aryl methyl sites for hydroxylation is 1. The smallest absolute Gasteiger partial charge is 0.356 e. The number of anilines is 2. The molecule has 2 aromatic heterocycles. The molecule has 1 aliphatic heterocycles. The van der Waals surface area contributed by atoms with Gasteiger partial charge in [0.1, 0.15) is 5.65 Å². The van der Waals surface area contributed by atoms with Gasteiger partial charge in [0.25, 0.3) is 0 Å². The minimum atomic E-state index is -0.508. The molecule has 0 aromatic carbocycles. The number of nitrogens with zero attached hydrogens (tertiary/aromatic N) is 2. The van der Waals surface area contributed by atoms with Crippen LogP contribution in [0.2, 0.25) is 0 Å². The summed E-state index contributed by atoms with van der Waals surface area (Å²) < 4.78 is 12.0. The number of nitrogens with one attached hydrogen (secondary N) is 2. The van der Waals surface area contributed by atoms with Gasteiger partial charge in [-0.1, -0.05) is 0 Å². The zero-order valence-corrected chi connectivity index (χ0v) is 16.2. The van der Waals surface area contributed by atoms with Crippen molar-refractivity contribution in [3.63, 3.8) is 0 Å². The summed E-state index contributed by atoms with van der Waals surface area (Å²) in [6.07, 6.45) is 2.40. The molecule has 27 heavy (non-hydrogen) atoms. The van der Waals surface area contributed by atoms with Crippen LogP contribution in [0.15, 0.2) is 12.3 Å². The summed E-state index contributed by atoms with van der Waals surface area (Å²) in [5.74, 6) is -0.887. The summed E-state index contributed by atoms with van der Waals surface area (Å²) in [5, 5.41) is 6.94. The average molecular weight is 374 g/mol. The fourth-order valence-electron chi connectivity index (χ4n) is 3.35. The normalized spacial score (nSPS) is 16.7. The first-order valence-corrected chi connectivity index (χ1v) is 9.21. The number of fused-ring (bicyclic) bond motifs is 1. The van der Waals surface area contributed by atoms with Crippen molar-refractivity contribution in [3.05, 3.63) is 18.0 Å². The maximum Gasteiger partial charge on any atom is 0.356 e. The zero-order valence-electron chi connectivity index (χ0n) is 16.2. The highest BCUT2D eigenvalue weighted by atomic mass is 16.5. The zero-order chi connectivity index (χ0) is 19.6. The lowest BCUT2D eigenvalue weighted by atomic mass is 10.1. The summed E-state index contributed by atoms with van der Waals surface area (Å²) in [5.41, 5.74) is 2.19. The molecule has 0 saturated carbocycles. The van der Waals surface area contributed by atoms with E-state index < -0.39 is 5.97 Å². The van der Waals surface area contributed by atoms with Gasteiger partial charge < -0.3 is 24.7 Å². The van der Waals surface area contributed by atoms with E-state index in [1.807, 2.05) is 26.8 Å². The fraction of sp³-hybridized carbons (Fsp3) is 0.526. The SMILES string of the molecule is CCn1c(C(=O)OC)c(NC(=O)[C@@H]2CCOC2)c2cc(NC(C)C)cnc21.